The zero-order chi connectivity index (χ0) is 107. The molecule has 6 aliphatic carbocycles. The van der Waals surface area contributed by atoms with Crippen LogP contribution in [-0.4, -0.2) is 21.5 Å². The van der Waals surface area contributed by atoms with Gasteiger partial charge in [0.05, 0.1) is 8.07 Å². The van der Waals surface area contributed by atoms with E-state index in [1.807, 2.05) is 0 Å². The first-order valence-corrected chi connectivity index (χ1v) is 61.1. The molecule has 150 heavy (non-hydrogen) atoms. The van der Waals surface area contributed by atoms with Crippen LogP contribution in [0.1, 0.15) is 399 Å². The molecule has 0 saturated heterocycles. The highest BCUT2D eigenvalue weighted by Gasteiger charge is 2.55. The van der Waals surface area contributed by atoms with Crippen molar-refractivity contribution in [3.8, 4) is 22.3 Å². The average Bonchev–Trinajstić information content (AvgIpc) is 1.44. The predicted octanol–water partition coefficient (Wildman–Crippen LogP) is 35.0. The van der Waals surface area contributed by atoms with E-state index < -0.39 is 8.07 Å². The molecule has 1 atom stereocenters. The Morgan fingerprint density at radius 1 is 0.273 bits per heavy atom. The van der Waals surface area contributed by atoms with Crippen molar-refractivity contribution in [3.63, 3.8) is 0 Å². The van der Waals surface area contributed by atoms with E-state index in [1.54, 1.807) is 0 Å². The third kappa shape index (κ3) is 15.4. The van der Waals surface area contributed by atoms with Crippen LogP contribution in [0.4, 0.5) is 68.6 Å². The molecular weight excluding hydrogens is 1830 g/mol. The van der Waals surface area contributed by atoms with Crippen molar-refractivity contribution in [1.29, 1.82) is 0 Å². The van der Waals surface area contributed by atoms with Crippen LogP contribution in [0, 0.1) is 13.8 Å². The summed E-state index contributed by atoms with van der Waals surface area (Å²) in [5.74, 6) is 1.86. The minimum atomic E-state index is -1.68. The second kappa shape index (κ2) is 32.2. The molecular formula is C141H168B2N4O2Si. The van der Waals surface area contributed by atoms with Gasteiger partial charge in [-0.3, -0.25) is 9.80 Å². The maximum atomic E-state index is 8.24. The number of hydrogen-bond acceptors (Lipinski definition) is 6. The largest absolute Gasteiger partial charge is 0.440 e. The number of benzene rings is 12. The highest BCUT2D eigenvalue weighted by molar-refractivity contribution is 7.02. The summed E-state index contributed by atoms with van der Waals surface area (Å²) in [6.45, 7) is 91.4. The van der Waals surface area contributed by atoms with Gasteiger partial charge < -0.3 is 18.6 Å². The van der Waals surface area contributed by atoms with Crippen LogP contribution in [-0.2, 0) is 87.6 Å². The molecule has 9 heteroatoms. The average molecular weight is 2000 g/mol. The van der Waals surface area contributed by atoms with Crippen LogP contribution in [0.3, 0.4) is 0 Å². The molecule has 12 aromatic carbocycles. The quantitative estimate of drug-likeness (QED) is 0.134. The van der Waals surface area contributed by atoms with Gasteiger partial charge in [-0.25, -0.2) is 0 Å². The first-order valence-electron chi connectivity index (χ1n) is 57.6. The summed E-state index contributed by atoms with van der Waals surface area (Å²) in [6, 6.07) is 79.7. The molecule has 10 aliphatic rings. The number of rotatable bonds is 9. The van der Waals surface area contributed by atoms with Gasteiger partial charge in [0.1, 0.15) is 11.2 Å². The van der Waals surface area contributed by atoms with E-state index in [4.69, 9.17) is 8.83 Å². The molecule has 6 nitrogen and oxygen atoms in total. The normalized spacial score (nSPS) is 20.9. The lowest BCUT2D eigenvalue weighted by Crippen LogP contribution is -2.61. The Bertz CT molecular complexity index is 8130. The molecule has 0 N–H and O–H groups in total. The summed E-state index contributed by atoms with van der Waals surface area (Å²) in [4.78, 5) is 10.9. The number of furan rings is 2. The summed E-state index contributed by atoms with van der Waals surface area (Å²) < 4.78 is 16.3. The molecule has 774 valence electrons. The van der Waals surface area contributed by atoms with Gasteiger partial charge in [-0.05, 0) is 420 Å². The van der Waals surface area contributed by atoms with Gasteiger partial charge in [-0.2, -0.15) is 0 Å². The Labute approximate surface area is 902 Å². The molecule has 0 bridgehead atoms. The lowest BCUT2D eigenvalue weighted by molar-refractivity contribution is 0.310. The number of fused-ring (bicyclic) bond motifs is 18. The van der Waals surface area contributed by atoms with E-state index in [1.165, 1.54) is 217 Å². The van der Waals surface area contributed by atoms with Crippen molar-refractivity contribution in [2.75, 3.05) is 19.6 Å². The molecule has 4 aliphatic heterocycles. The van der Waals surface area contributed by atoms with Crippen molar-refractivity contribution >= 4 is 150 Å². The number of nitrogens with zero attached hydrogens (tertiary/aromatic N) is 4. The van der Waals surface area contributed by atoms with Gasteiger partial charge in [0.25, 0.3) is 13.4 Å². The lowest BCUT2D eigenvalue weighted by Gasteiger charge is -2.46. The topological polar surface area (TPSA) is 39.2 Å². The van der Waals surface area contributed by atoms with Gasteiger partial charge in [-0.15, -0.1) is 0 Å². The van der Waals surface area contributed by atoms with E-state index in [0.717, 1.165) is 118 Å². The highest BCUT2D eigenvalue weighted by Crippen LogP contribution is 2.62. The van der Waals surface area contributed by atoms with Crippen LogP contribution >= 0.6 is 0 Å². The number of anilines is 12. The summed E-state index contributed by atoms with van der Waals surface area (Å²) in [5.41, 5.74) is 50.9. The van der Waals surface area contributed by atoms with Gasteiger partial charge in [-0.1, -0.05) is 337 Å². The number of aryl methyl sites for hydroxylation is 2. The second-order valence-corrected chi connectivity index (χ2v) is 65.9. The monoisotopic (exact) mass is 2000 g/mol. The van der Waals surface area contributed by atoms with Crippen LogP contribution in [0.5, 0.6) is 0 Å². The van der Waals surface area contributed by atoms with Gasteiger partial charge in [0.2, 0.25) is 11.8 Å². The Kier molecular flexibility index (Phi) is 21.7. The van der Waals surface area contributed by atoms with Crippen molar-refractivity contribution in [2.45, 2.75) is 420 Å². The third-order valence-corrected chi connectivity index (χ3v) is 42.9. The molecule has 1 unspecified atom stereocenters. The van der Waals surface area contributed by atoms with Crippen molar-refractivity contribution < 1.29 is 8.83 Å². The molecule has 6 heterocycles. The van der Waals surface area contributed by atoms with Crippen LogP contribution in [0.25, 0.3) is 44.2 Å². The fraction of sp³-hybridized carbons (Fsp3) is 0.461. The fourth-order valence-electron chi connectivity index (χ4n) is 30.0. The van der Waals surface area contributed by atoms with E-state index in [9.17, 15) is 0 Å². The molecule has 0 spiro atoms. The van der Waals surface area contributed by atoms with Gasteiger partial charge in [0, 0.05) is 78.6 Å². The highest BCUT2D eigenvalue weighted by atomic mass is 28.3. The van der Waals surface area contributed by atoms with Crippen molar-refractivity contribution in [2.24, 2.45) is 0 Å². The minimum absolute atomic E-state index is 0.0100. The van der Waals surface area contributed by atoms with E-state index in [-0.39, 0.29) is 94.7 Å². The molecule has 0 saturated carbocycles. The first kappa shape index (κ1) is 101. The number of hydrogen-bond donors (Lipinski definition) is 0. The van der Waals surface area contributed by atoms with Gasteiger partial charge in [0.15, 0.2) is 0 Å². The van der Waals surface area contributed by atoms with Crippen LogP contribution < -0.4 is 57.6 Å². The Morgan fingerprint density at radius 3 is 0.987 bits per heavy atom. The summed E-state index contributed by atoms with van der Waals surface area (Å²) in [7, 11) is -1.68. The third-order valence-electron chi connectivity index (χ3n) is 40.8. The summed E-state index contributed by atoms with van der Waals surface area (Å²) in [5, 5.41) is 3.91. The second-order valence-electron chi connectivity index (χ2n) is 60.8. The van der Waals surface area contributed by atoms with E-state index in [0.29, 0.717) is 0 Å². The van der Waals surface area contributed by atoms with Crippen molar-refractivity contribution in [3.05, 3.63) is 288 Å². The molecule has 24 rings (SSSR count). The Balaban J connectivity index is 0.738. The Hall–Kier alpha value is -10.7. The molecule has 2 aromatic heterocycles. The molecule has 14 aromatic rings. The lowest BCUT2D eigenvalue weighted by atomic mass is 9.33. The molecule has 0 amide bonds. The van der Waals surface area contributed by atoms with Crippen molar-refractivity contribution in [1.82, 2.24) is 0 Å². The maximum absolute atomic E-state index is 8.24. The van der Waals surface area contributed by atoms with E-state index in [2.05, 4.69) is 463 Å². The minimum Gasteiger partial charge on any atom is -0.440 e. The Morgan fingerprint density at radius 2 is 0.607 bits per heavy atom. The summed E-state index contributed by atoms with van der Waals surface area (Å²) in [6.07, 6.45) is 14.2. The summed E-state index contributed by atoms with van der Waals surface area (Å²) >= 11 is 0. The van der Waals surface area contributed by atoms with Crippen LogP contribution in [0.15, 0.2) is 197 Å². The predicted molar refractivity (Wildman–Crippen MR) is 650 cm³/mol. The fourth-order valence-corrected chi connectivity index (χ4v) is 31.2. The zero-order valence-electron chi connectivity index (χ0n) is 98.4. The standard InChI is InChI=1S/C141H168B2N4O2Si/c1-82-64-99-104(137(26,27)59-56-132(99,16)17)77-111(82)146-113-71-88(127(3,4)5)41-50-109(113)143-122-95-76-108-107(80-120(95)149-126(122)144(90-43-48-96-101(73-90)134(20,21)54-52-130(96,12)13)115-67-86(68-117(146)123(115)143)85-39-45-92(46-40-85)150(35,36)37)140(32,33)62-63-141(108,34)81-84-38-47-93(98(66-84)129(9,10)11)87-69-116-124-118(70-87)147(112-78-105-100(65-83(112)2)133(18,19)57-60-138(105,28)29)114-72-89(128(6,7)8)42-51-110(114)142(124)121-94-75-103-106(139(30,31)61-58-136(103,24)25)79-119(94)148-125(121)145(116)91-44-49-97-102(74-91)135(22,23)55-53-131(97,14)15/h38-51,64-80H,52-63,81H2,1-37H3. The van der Waals surface area contributed by atoms with Gasteiger partial charge >= 0.3 is 0 Å². The first-order chi connectivity index (χ1) is 69.7. The zero-order valence-corrected chi connectivity index (χ0v) is 99.4. The SMILES string of the molecule is Cc1cc2c(cc1N1c3cc(C(C)(C)C)ccc3B3c4c1cc(-c1ccc(CC5(C)CCC(C)(C)c6cc7oc8c(c7cc65)B5c6ccc(C(C)(C)C)cc6N(c6cc7c(cc6C)C(C)(C)CCC7(C)C)c6cc(-c7ccc([Si](C)(C)C)cc7)cc(c65)N8c5ccc6c(c5)C(C)(C)CCC6(C)C)cc1C(C)(C)C)cc4N(c1ccc4c(c1)C(C)(C)CCC4(C)C)c1oc4cc5c(cc4c13)C(C)(C)CCC5(C)C)C(C)(C)CCC2(C)C. The molecule has 0 fully saturated rings. The molecule has 0 radical (unpaired) electrons. The van der Waals surface area contributed by atoms with Crippen LogP contribution in [0.2, 0.25) is 19.6 Å². The van der Waals surface area contributed by atoms with E-state index >= 15 is 0 Å². The smallest absolute Gasteiger partial charge is 0.257 e. The maximum Gasteiger partial charge on any atom is 0.257 e.